The van der Waals surface area contributed by atoms with Gasteiger partial charge in [-0.05, 0) is 18.2 Å². The molecule has 41 heavy (non-hydrogen) atoms. The maximum atomic E-state index is 12.1. The van der Waals surface area contributed by atoms with Crippen molar-refractivity contribution in [3.63, 3.8) is 0 Å². The van der Waals surface area contributed by atoms with E-state index < -0.39 is 23.9 Å². The summed E-state index contributed by atoms with van der Waals surface area (Å²) in [5.74, 6) is -2.05. The van der Waals surface area contributed by atoms with Gasteiger partial charge in [0.1, 0.15) is 22.9 Å². The van der Waals surface area contributed by atoms with E-state index in [2.05, 4.69) is 0 Å². The SMILES string of the molecule is COc1cc(OC(C)=O)c(-n2nc(-c3c(OC(C)=O)cccc3OC(C)=O)cc2-c2ccccc2)c(OC(C)=O)c1. The molecule has 0 N–H and O–H groups in total. The van der Waals surface area contributed by atoms with E-state index in [1.807, 2.05) is 30.3 Å². The number of carbonyl (C=O) groups excluding carboxylic acids is 4. The van der Waals surface area contributed by atoms with Gasteiger partial charge in [-0.15, -0.1) is 0 Å². The zero-order valence-electron chi connectivity index (χ0n) is 22.9. The van der Waals surface area contributed by atoms with E-state index in [1.165, 1.54) is 63.8 Å². The van der Waals surface area contributed by atoms with Crippen molar-refractivity contribution < 1.29 is 42.9 Å². The normalized spacial score (nSPS) is 10.5. The molecule has 1 aromatic heterocycles. The zero-order valence-corrected chi connectivity index (χ0v) is 22.9. The summed E-state index contributed by atoms with van der Waals surface area (Å²) in [4.78, 5) is 48.1. The molecule has 0 fully saturated rings. The van der Waals surface area contributed by atoms with Crippen molar-refractivity contribution in [2.45, 2.75) is 27.7 Å². The Balaban J connectivity index is 2.10. The first-order valence-electron chi connectivity index (χ1n) is 12.3. The highest BCUT2D eigenvalue weighted by Crippen LogP contribution is 2.44. The van der Waals surface area contributed by atoms with Crippen LogP contribution in [0.1, 0.15) is 27.7 Å². The fraction of sp³-hybridized carbons (Fsp3) is 0.167. The standard InChI is InChI=1S/C30H26N2O9/c1-17(33)38-25-12-9-13-26(39-18(2)34)29(25)23-16-24(21-10-7-6-8-11-21)32(31-23)30-27(40-19(3)35)14-22(37-5)15-28(30)41-20(4)36/h6-16H,1-5H3. The average Bonchev–Trinajstić information content (AvgIpc) is 3.32. The van der Waals surface area contributed by atoms with Crippen LogP contribution in [0, 0.1) is 0 Å². The summed E-state index contributed by atoms with van der Waals surface area (Å²) < 4.78 is 28.6. The van der Waals surface area contributed by atoms with Gasteiger partial charge in [0.25, 0.3) is 0 Å². The number of hydrogen-bond donors (Lipinski definition) is 0. The molecule has 0 aliphatic heterocycles. The molecule has 0 unspecified atom stereocenters. The van der Waals surface area contributed by atoms with Gasteiger partial charge >= 0.3 is 23.9 Å². The molecule has 4 aromatic rings. The van der Waals surface area contributed by atoms with Crippen LogP contribution in [0.2, 0.25) is 0 Å². The van der Waals surface area contributed by atoms with Crippen molar-refractivity contribution in [2.75, 3.05) is 7.11 Å². The molecular weight excluding hydrogens is 532 g/mol. The fourth-order valence-electron chi connectivity index (χ4n) is 4.08. The van der Waals surface area contributed by atoms with Gasteiger partial charge in [-0.25, -0.2) is 4.68 Å². The zero-order chi connectivity index (χ0) is 29.7. The van der Waals surface area contributed by atoms with Crippen LogP contribution >= 0.6 is 0 Å². The lowest BCUT2D eigenvalue weighted by atomic mass is 10.1. The molecule has 11 nitrogen and oxygen atoms in total. The maximum absolute atomic E-state index is 12.1. The van der Waals surface area contributed by atoms with Crippen molar-refractivity contribution in [1.82, 2.24) is 9.78 Å². The predicted molar refractivity (Wildman–Crippen MR) is 146 cm³/mol. The monoisotopic (exact) mass is 558 g/mol. The molecule has 0 saturated heterocycles. The molecule has 0 amide bonds. The van der Waals surface area contributed by atoms with Gasteiger partial charge in [0.2, 0.25) is 0 Å². The summed E-state index contributed by atoms with van der Waals surface area (Å²) in [6, 6.07) is 18.3. The van der Waals surface area contributed by atoms with Crippen molar-refractivity contribution in [1.29, 1.82) is 0 Å². The molecule has 1 heterocycles. The van der Waals surface area contributed by atoms with Gasteiger partial charge in [-0.3, -0.25) is 19.2 Å². The van der Waals surface area contributed by atoms with Crippen molar-refractivity contribution in [2.24, 2.45) is 0 Å². The van der Waals surface area contributed by atoms with Crippen molar-refractivity contribution >= 4 is 23.9 Å². The highest BCUT2D eigenvalue weighted by atomic mass is 16.6. The molecule has 0 atom stereocenters. The number of methoxy groups -OCH3 is 1. The van der Waals surface area contributed by atoms with Gasteiger partial charge in [0.15, 0.2) is 17.2 Å². The smallest absolute Gasteiger partial charge is 0.308 e. The maximum Gasteiger partial charge on any atom is 0.308 e. The molecule has 11 heteroatoms. The summed E-state index contributed by atoms with van der Waals surface area (Å²) in [6.45, 7) is 4.93. The number of esters is 4. The summed E-state index contributed by atoms with van der Waals surface area (Å²) in [5, 5.41) is 4.77. The Bertz CT molecular complexity index is 1570. The van der Waals surface area contributed by atoms with E-state index in [4.69, 9.17) is 28.8 Å². The van der Waals surface area contributed by atoms with Gasteiger partial charge in [-0.1, -0.05) is 36.4 Å². The van der Waals surface area contributed by atoms with E-state index in [0.29, 0.717) is 11.3 Å². The highest BCUT2D eigenvalue weighted by molar-refractivity contribution is 5.84. The largest absolute Gasteiger partial charge is 0.496 e. The first kappa shape index (κ1) is 28.6. The number of nitrogens with zero attached hydrogens (tertiary/aromatic N) is 2. The topological polar surface area (TPSA) is 132 Å². The quantitative estimate of drug-likeness (QED) is 0.217. The first-order chi connectivity index (χ1) is 19.6. The second kappa shape index (κ2) is 12.2. The minimum atomic E-state index is -0.640. The third-order valence-corrected chi connectivity index (χ3v) is 5.50. The number of hydrogen-bond acceptors (Lipinski definition) is 10. The van der Waals surface area contributed by atoms with Crippen LogP contribution in [-0.2, 0) is 19.2 Å². The summed E-state index contributed by atoms with van der Waals surface area (Å²) >= 11 is 0. The number of benzene rings is 3. The van der Waals surface area contributed by atoms with Crippen LogP contribution in [0.15, 0.2) is 66.7 Å². The molecule has 0 aliphatic rings. The van der Waals surface area contributed by atoms with Gasteiger partial charge < -0.3 is 23.7 Å². The average molecular weight is 559 g/mol. The molecule has 0 spiro atoms. The molecule has 0 bridgehead atoms. The third kappa shape index (κ3) is 6.59. The summed E-state index contributed by atoms with van der Waals surface area (Å²) in [7, 11) is 1.41. The second-order valence-corrected chi connectivity index (χ2v) is 8.67. The van der Waals surface area contributed by atoms with Gasteiger partial charge in [0, 0.05) is 45.4 Å². The second-order valence-electron chi connectivity index (χ2n) is 8.67. The Kier molecular flexibility index (Phi) is 8.47. The molecule has 0 saturated carbocycles. The van der Waals surface area contributed by atoms with Gasteiger partial charge in [-0.2, -0.15) is 5.10 Å². The van der Waals surface area contributed by atoms with E-state index >= 15 is 0 Å². The number of rotatable bonds is 8. The minimum absolute atomic E-state index is 0.00610. The van der Waals surface area contributed by atoms with Crippen LogP contribution in [0.5, 0.6) is 28.7 Å². The summed E-state index contributed by atoms with van der Waals surface area (Å²) in [5.41, 5.74) is 1.71. The van der Waals surface area contributed by atoms with Crippen LogP contribution in [0.3, 0.4) is 0 Å². The van der Waals surface area contributed by atoms with Crippen LogP contribution in [0.4, 0.5) is 0 Å². The number of aromatic nitrogens is 2. The van der Waals surface area contributed by atoms with Crippen molar-refractivity contribution in [3.05, 3.63) is 66.7 Å². The number of ether oxygens (including phenoxy) is 5. The molecule has 0 radical (unpaired) electrons. The third-order valence-electron chi connectivity index (χ3n) is 5.50. The fourth-order valence-corrected chi connectivity index (χ4v) is 4.08. The molecule has 0 aliphatic carbocycles. The van der Waals surface area contributed by atoms with Crippen LogP contribution in [-0.4, -0.2) is 40.8 Å². The van der Waals surface area contributed by atoms with Gasteiger partial charge in [0.05, 0.1) is 18.4 Å². The summed E-state index contributed by atoms with van der Waals surface area (Å²) in [6.07, 6.45) is 0. The molecule has 210 valence electrons. The van der Waals surface area contributed by atoms with E-state index in [-0.39, 0.29) is 45.7 Å². The minimum Gasteiger partial charge on any atom is -0.496 e. The lowest BCUT2D eigenvalue weighted by Crippen LogP contribution is -2.12. The Morgan fingerprint density at radius 1 is 0.634 bits per heavy atom. The Labute approximate surface area is 235 Å². The molecule has 4 rings (SSSR count). The van der Waals surface area contributed by atoms with E-state index in [1.54, 1.807) is 12.1 Å². The Hall–Kier alpha value is -5.45. The predicted octanol–water partition coefficient (Wildman–Crippen LogP) is 4.92. The highest BCUT2D eigenvalue weighted by Gasteiger charge is 2.26. The van der Waals surface area contributed by atoms with Crippen molar-refractivity contribution in [3.8, 4) is 56.9 Å². The van der Waals surface area contributed by atoms with Crippen LogP contribution < -0.4 is 23.7 Å². The first-order valence-corrected chi connectivity index (χ1v) is 12.3. The molecule has 3 aromatic carbocycles. The van der Waals surface area contributed by atoms with E-state index in [9.17, 15) is 19.2 Å². The van der Waals surface area contributed by atoms with Crippen LogP contribution in [0.25, 0.3) is 28.2 Å². The molecular formula is C30H26N2O9. The lowest BCUT2D eigenvalue weighted by Gasteiger charge is -2.17. The van der Waals surface area contributed by atoms with E-state index in [0.717, 1.165) is 0 Å². The Morgan fingerprint density at radius 2 is 1.12 bits per heavy atom. The lowest BCUT2D eigenvalue weighted by molar-refractivity contribution is -0.133. The number of carbonyl (C=O) groups is 4. The Morgan fingerprint density at radius 3 is 1.59 bits per heavy atom.